The zero-order chi connectivity index (χ0) is 45.2. The third kappa shape index (κ3) is 40.3. The number of nitrogens with one attached hydrogen (secondary N) is 3. The highest BCUT2D eigenvalue weighted by molar-refractivity contribution is 5.84. The quantitative estimate of drug-likeness (QED) is 0.0428. The van der Waals surface area contributed by atoms with E-state index in [0.717, 1.165) is 44.9 Å². The van der Waals surface area contributed by atoms with Crippen LogP contribution < -0.4 is 16.0 Å². The van der Waals surface area contributed by atoms with Crippen LogP contribution in [0.4, 0.5) is 0 Å². The molecular weight excluding hydrogens is 794 g/mol. The number of aliphatic carboxylic acids is 3. The van der Waals surface area contributed by atoms with Gasteiger partial charge in [-0.05, 0) is 52.0 Å². The van der Waals surface area contributed by atoms with E-state index in [2.05, 4.69) is 16.0 Å². The topological polar surface area (TPSA) is 253 Å². The number of carbonyl (C=O) groups is 7. The van der Waals surface area contributed by atoms with E-state index >= 15 is 0 Å². The van der Waals surface area contributed by atoms with Gasteiger partial charge in [0.2, 0.25) is 11.8 Å². The maximum atomic E-state index is 12.4. The molecule has 0 spiro atoms. The van der Waals surface area contributed by atoms with Gasteiger partial charge in [-0.15, -0.1) is 0 Å². The average Bonchev–Trinajstić information content (AvgIpc) is 3.22. The Hall–Kier alpha value is -3.51. The fraction of sp³-hybridized carbons (Fsp3) is 0.841. The zero-order valence-corrected chi connectivity index (χ0v) is 37.0. The summed E-state index contributed by atoms with van der Waals surface area (Å²) in [6, 6.07) is -0.590. The molecule has 61 heavy (non-hydrogen) atoms. The lowest BCUT2D eigenvalue weighted by atomic mass is 9.94. The van der Waals surface area contributed by atoms with Crippen LogP contribution in [0, 0.1) is 5.92 Å². The molecule has 0 aromatic rings. The van der Waals surface area contributed by atoms with E-state index in [1.54, 1.807) is 7.05 Å². The van der Waals surface area contributed by atoms with E-state index in [9.17, 15) is 38.7 Å². The third-order valence-corrected chi connectivity index (χ3v) is 10.1. The van der Waals surface area contributed by atoms with Crippen molar-refractivity contribution in [3.63, 3.8) is 0 Å². The van der Waals surface area contributed by atoms with Crippen molar-refractivity contribution in [2.45, 2.75) is 160 Å². The summed E-state index contributed by atoms with van der Waals surface area (Å²) in [7, 11) is 1.60. The molecule has 0 aliphatic heterocycles. The number of Topliss-reactive ketones (excluding diaryl/α,β-unsaturated/α-hetero) is 2. The number of ether oxygens (including phenoxy) is 4. The van der Waals surface area contributed by atoms with E-state index in [-0.39, 0.29) is 102 Å². The Morgan fingerprint density at radius 2 is 0.951 bits per heavy atom. The Morgan fingerprint density at radius 1 is 0.443 bits per heavy atom. The Balaban J connectivity index is 3.65. The molecule has 17 nitrogen and oxygen atoms in total. The maximum Gasteiger partial charge on any atom is 0.320 e. The SMILES string of the molecule is CN[C@@H](CCCCNC(=O)COCCOCCCC(=O)COCCOCCNC(=O)CC[C@H](CC(=O)CCCCCCCCCCCCCCCCC(=O)O)C(=O)O)C(=O)O. The first-order valence-corrected chi connectivity index (χ1v) is 22.7. The first-order chi connectivity index (χ1) is 29.5. The Bertz CT molecular complexity index is 1190. The monoisotopic (exact) mass is 874 g/mol. The van der Waals surface area contributed by atoms with Gasteiger partial charge in [0.25, 0.3) is 0 Å². The van der Waals surface area contributed by atoms with Crippen LogP contribution in [-0.2, 0) is 52.5 Å². The van der Waals surface area contributed by atoms with Gasteiger partial charge in [0, 0.05) is 51.8 Å². The molecule has 0 aromatic carbocycles. The molecule has 0 bridgehead atoms. The van der Waals surface area contributed by atoms with E-state index < -0.39 is 29.9 Å². The molecule has 0 radical (unpaired) electrons. The predicted octanol–water partition coefficient (Wildman–Crippen LogP) is 5.24. The first-order valence-electron chi connectivity index (χ1n) is 22.7. The van der Waals surface area contributed by atoms with Crippen LogP contribution in [0.25, 0.3) is 0 Å². The van der Waals surface area contributed by atoms with Gasteiger partial charge in [0.15, 0.2) is 5.78 Å². The summed E-state index contributed by atoms with van der Waals surface area (Å²) < 4.78 is 21.5. The summed E-state index contributed by atoms with van der Waals surface area (Å²) in [5.74, 6) is -4.28. The van der Waals surface area contributed by atoms with E-state index in [1.165, 1.54) is 44.9 Å². The normalized spacial score (nSPS) is 12.1. The standard InChI is InChI=1S/C44H79N3O14/c1-45-39(44(56)57)21-16-17-25-46-41(51)35-61-32-29-58-27-18-20-38(49)34-60-31-30-59-28-26-47-40(50)24-23-36(43(54)55)33-37(48)19-14-12-10-8-6-4-2-3-5-7-9-11-13-15-22-42(52)53/h36,39,45H,2-35H2,1H3,(H,46,51)(H,47,50)(H,52,53)(H,54,55)(H,56,57)/t36-,39+/m1/s1. The van der Waals surface area contributed by atoms with E-state index in [4.69, 9.17) is 29.2 Å². The summed E-state index contributed by atoms with van der Waals surface area (Å²) in [6.45, 7) is 2.08. The molecule has 354 valence electrons. The number of rotatable bonds is 47. The molecule has 0 saturated heterocycles. The number of unbranched alkanes of at least 4 members (excludes halogenated alkanes) is 14. The minimum Gasteiger partial charge on any atom is -0.481 e. The van der Waals surface area contributed by atoms with Gasteiger partial charge in [-0.25, -0.2) is 0 Å². The zero-order valence-electron chi connectivity index (χ0n) is 37.0. The number of ketones is 2. The third-order valence-electron chi connectivity index (χ3n) is 10.1. The second kappa shape index (κ2) is 41.8. The summed E-state index contributed by atoms with van der Waals surface area (Å²) in [4.78, 5) is 81.7. The highest BCUT2D eigenvalue weighted by Crippen LogP contribution is 2.17. The molecule has 2 amide bonds. The largest absolute Gasteiger partial charge is 0.481 e. The number of likely N-dealkylation sites (N-methyl/N-ethyl adjacent to an activating group) is 1. The van der Waals surface area contributed by atoms with Crippen LogP contribution in [-0.4, -0.2) is 136 Å². The van der Waals surface area contributed by atoms with Crippen LogP contribution in [0.15, 0.2) is 0 Å². The van der Waals surface area contributed by atoms with Crippen LogP contribution >= 0.6 is 0 Å². The number of hydrogen-bond donors (Lipinski definition) is 6. The van der Waals surface area contributed by atoms with Gasteiger partial charge in [-0.3, -0.25) is 33.6 Å². The van der Waals surface area contributed by atoms with Crippen molar-refractivity contribution < 1.29 is 67.8 Å². The molecule has 0 unspecified atom stereocenters. The lowest BCUT2D eigenvalue weighted by molar-refractivity contribution is -0.144. The summed E-state index contributed by atoms with van der Waals surface area (Å²) in [6.07, 6.45) is 18.6. The van der Waals surface area contributed by atoms with Crippen LogP contribution in [0.5, 0.6) is 0 Å². The van der Waals surface area contributed by atoms with Gasteiger partial charge in [-0.1, -0.05) is 77.0 Å². The lowest BCUT2D eigenvalue weighted by Gasteiger charge is -2.12. The lowest BCUT2D eigenvalue weighted by Crippen LogP contribution is -2.34. The summed E-state index contributed by atoms with van der Waals surface area (Å²) in [5.41, 5.74) is 0. The van der Waals surface area contributed by atoms with Gasteiger partial charge in [-0.2, -0.15) is 0 Å². The molecule has 6 N–H and O–H groups in total. The fourth-order valence-corrected chi connectivity index (χ4v) is 6.44. The Morgan fingerprint density at radius 3 is 1.51 bits per heavy atom. The molecular formula is C44H79N3O14. The van der Waals surface area contributed by atoms with Crippen LogP contribution in [0.3, 0.4) is 0 Å². The average molecular weight is 874 g/mol. The van der Waals surface area contributed by atoms with Crippen molar-refractivity contribution in [3.05, 3.63) is 0 Å². The molecule has 0 rings (SSSR count). The van der Waals surface area contributed by atoms with Gasteiger partial charge < -0.3 is 50.2 Å². The van der Waals surface area contributed by atoms with E-state index in [0.29, 0.717) is 51.7 Å². The molecule has 2 atom stereocenters. The molecule has 0 aliphatic rings. The molecule has 17 heteroatoms. The van der Waals surface area contributed by atoms with Crippen LogP contribution in [0.2, 0.25) is 0 Å². The fourth-order valence-electron chi connectivity index (χ4n) is 6.44. The smallest absolute Gasteiger partial charge is 0.320 e. The van der Waals surface area contributed by atoms with E-state index in [1.807, 2.05) is 0 Å². The summed E-state index contributed by atoms with van der Waals surface area (Å²) in [5, 5.41) is 35.4. The number of carboxylic acids is 3. The number of carbonyl (C=O) groups excluding carboxylic acids is 4. The molecule has 0 aromatic heterocycles. The second-order valence-corrected chi connectivity index (χ2v) is 15.5. The van der Waals surface area contributed by atoms with Crippen molar-refractivity contribution in [1.29, 1.82) is 0 Å². The molecule has 0 fully saturated rings. The number of amides is 2. The molecule has 0 aliphatic carbocycles. The Kier molecular flexibility index (Phi) is 39.4. The van der Waals surface area contributed by atoms with Crippen molar-refractivity contribution in [1.82, 2.24) is 16.0 Å². The van der Waals surface area contributed by atoms with Gasteiger partial charge in [0.05, 0.1) is 39.0 Å². The highest BCUT2D eigenvalue weighted by atomic mass is 16.5. The van der Waals surface area contributed by atoms with Crippen molar-refractivity contribution in [3.8, 4) is 0 Å². The van der Waals surface area contributed by atoms with Crippen molar-refractivity contribution in [2.75, 3.05) is 73.0 Å². The van der Waals surface area contributed by atoms with Crippen molar-refractivity contribution >= 4 is 41.3 Å². The second-order valence-electron chi connectivity index (χ2n) is 15.5. The summed E-state index contributed by atoms with van der Waals surface area (Å²) >= 11 is 0. The minimum absolute atomic E-state index is 0.000738. The number of hydrogen-bond acceptors (Lipinski definition) is 12. The predicted molar refractivity (Wildman–Crippen MR) is 229 cm³/mol. The highest BCUT2D eigenvalue weighted by Gasteiger charge is 2.22. The minimum atomic E-state index is -1.07. The number of carboxylic acid groups (broad SMARTS) is 3. The molecule has 0 saturated carbocycles. The molecule has 0 heterocycles. The first kappa shape index (κ1) is 57.5. The Labute approximate surface area is 363 Å². The van der Waals surface area contributed by atoms with Crippen molar-refractivity contribution in [2.24, 2.45) is 5.92 Å². The maximum absolute atomic E-state index is 12.4. The van der Waals surface area contributed by atoms with Gasteiger partial charge in [0.1, 0.15) is 25.0 Å². The van der Waals surface area contributed by atoms with Crippen LogP contribution in [0.1, 0.15) is 154 Å². The van der Waals surface area contributed by atoms with Gasteiger partial charge >= 0.3 is 17.9 Å².